The lowest BCUT2D eigenvalue weighted by Gasteiger charge is -2.36. The van der Waals surface area contributed by atoms with Crippen molar-refractivity contribution in [3.63, 3.8) is 0 Å². The van der Waals surface area contributed by atoms with E-state index in [2.05, 4.69) is 20.8 Å². The lowest BCUT2D eigenvalue weighted by molar-refractivity contribution is 0.0580. The third-order valence-corrected chi connectivity index (χ3v) is 3.41. The molecule has 0 aliphatic carbocycles. The van der Waals surface area contributed by atoms with Gasteiger partial charge in [0.15, 0.2) is 0 Å². The van der Waals surface area contributed by atoms with Gasteiger partial charge in [-0.15, -0.1) is 0 Å². The molecule has 5 heteroatoms. The highest BCUT2D eigenvalue weighted by molar-refractivity contribution is 9.10. The molecule has 0 aromatic heterocycles. The zero-order chi connectivity index (χ0) is 14.2. The second-order valence-electron chi connectivity index (χ2n) is 5.69. The van der Waals surface area contributed by atoms with Gasteiger partial charge in [0.25, 0.3) is 0 Å². The highest BCUT2D eigenvalue weighted by Gasteiger charge is 2.29. The fourth-order valence-electron chi connectivity index (χ4n) is 2.03. The van der Waals surface area contributed by atoms with Gasteiger partial charge < -0.3 is 9.64 Å². The summed E-state index contributed by atoms with van der Waals surface area (Å²) in [5.74, 6) is 0. The van der Waals surface area contributed by atoms with Gasteiger partial charge in [0, 0.05) is 24.6 Å². The van der Waals surface area contributed by atoms with Crippen molar-refractivity contribution in [3.8, 4) is 0 Å². The average molecular weight is 327 g/mol. The van der Waals surface area contributed by atoms with Gasteiger partial charge in [-0.2, -0.15) is 0 Å². The van der Waals surface area contributed by atoms with Gasteiger partial charge in [0.1, 0.15) is 5.60 Å². The van der Waals surface area contributed by atoms with Crippen LogP contribution in [-0.2, 0) is 4.74 Å². The number of ether oxygens (including phenoxy) is 1. The first-order chi connectivity index (χ1) is 8.78. The van der Waals surface area contributed by atoms with Gasteiger partial charge in [-0.1, -0.05) is 15.9 Å². The Kier molecular flexibility index (Phi) is 3.76. The van der Waals surface area contributed by atoms with Crippen LogP contribution >= 0.6 is 15.9 Å². The van der Waals surface area contributed by atoms with Crippen LogP contribution in [0.5, 0.6) is 0 Å². The van der Waals surface area contributed by atoms with E-state index in [0.29, 0.717) is 6.54 Å². The molecule has 1 aromatic rings. The standard InChI is InChI=1S/C14H19BrN2O2/c1-14(2,3)19-13(18)17-8-7-16(4)12-9-10(15)5-6-11(12)17/h5-6,9H,7-8H2,1-4H3. The molecule has 0 radical (unpaired) electrons. The van der Waals surface area contributed by atoms with Gasteiger partial charge >= 0.3 is 6.09 Å². The Morgan fingerprint density at radius 2 is 1.95 bits per heavy atom. The molecule has 0 saturated heterocycles. The summed E-state index contributed by atoms with van der Waals surface area (Å²) in [4.78, 5) is 16.1. The molecule has 0 saturated carbocycles. The van der Waals surface area contributed by atoms with Gasteiger partial charge in [-0.25, -0.2) is 4.79 Å². The average Bonchev–Trinajstić information content (AvgIpc) is 2.27. The van der Waals surface area contributed by atoms with Crippen LogP contribution in [0, 0.1) is 0 Å². The molecule has 1 aliphatic rings. The molecule has 0 spiro atoms. The smallest absolute Gasteiger partial charge is 0.414 e. The molecule has 1 aliphatic heterocycles. The van der Waals surface area contributed by atoms with Crippen molar-refractivity contribution in [1.82, 2.24) is 0 Å². The molecule has 1 amide bonds. The number of carbonyl (C=O) groups excluding carboxylic acids is 1. The Morgan fingerprint density at radius 1 is 1.26 bits per heavy atom. The summed E-state index contributed by atoms with van der Waals surface area (Å²) in [6, 6.07) is 5.90. The quantitative estimate of drug-likeness (QED) is 0.729. The van der Waals surface area contributed by atoms with E-state index in [0.717, 1.165) is 22.4 Å². The molecule has 4 nitrogen and oxygen atoms in total. The fourth-order valence-corrected chi connectivity index (χ4v) is 2.38. The van der Waals surface area contributed by atoms with Crippen LogP contribution < -0.4 is 9.80 Å². The van der Waals surface area contributed by atoms with Gasteiger partial charge in [-0.05, 0) is 39.0 Å². The fraction of sp³-hybridized carbons (Fsp3) is 0.500. The van der Waals surface area contributed by atoms with Crippen LogP contribution in [0.1, 0.15) is 20.8 Å². The van der Waals surface area contributed by atoms with E-state index in [1.54, 1.807) is 4.90 Å². The minimum Gasteiger partial charge on any atom is -0.443 e. The Labute approximate surface area is 122 Å². The van der Waals surface area contributed by atoms with Crippen LogP contribution in [0.4, 0.5) is 16.2 Å². The van der Waals surface area contributed by atoms with Crippen LogP contribution in [0.15, 0.2) is 22.7 Å². The molecule has 0 atom stereocenters. The largest absolute Gasteiger partial charge is 0.443 e. The lowest BCUT2D eigenvalue weighted by atomic mass is 10.2. The normalized spacial score (nSPS) is 15.2. The van der Waals surface area contributed by atoms with E-state index in [1.807, 2.05) is 46.0 Å². The lowest BCUT2D eigenvalue weighted by Crippen LogP contribution is -2.44. The zero-order valence-corrected chi connectivity index (χ0v) is 13.3. The number of hydrogen-bond donors (Lipinski definition) is 0. The van der Waals surface area contributed by atoms with Gasteiger partial charge in [0.2, 0.25) is 0 Å². The minimum absolute atomic E-state index is 0.288. The number of nitrogens with zero attached hydrogens (tertiary/aromatic N) is 2. The van der Waals surface area contributed by atoms with E-state index >= 15 is 0 Å². The summed E-state index contributed by atoms with van der Waals surface area (Å²) in [6.07, 6.45) is -0.288. The summed E-state index contributed by atoms with van der Waals surface area (Å²) in [7, 11) is 2.03. The molecular weight excluding hydrogens is 308 g/mol. The predicted molar refractivity (Wildman–Crippen MR) is 81.0 cm³/mol. The number of halogens is 1. The van der Waals surface area contributed by atoms with Crippen molar-refractivity contribution >= 4 is 33.4 Å². The number of hydrogen-bond acceptors (Lipinski definition) is 3. The monoisotopic (exact) mass is 326 g/mol. The Morgan fingerprint density at radius 3 is 2.58 bits per heavy atom. The first-order valence-corrected chi connectivity index (χ1v) is 7.08. The Hall–Kier alpha value is -1.23. The van der Waals surface area contributed by atoms with Crippen molar-refractivity contribution in [2.75, 3.05) is 29.9 Å². The minimum atomic E-state index is -0.476. The van der Waals surface area contributed by atoms with Crippen molar-refractivity contribution in [2.24, 2.45) is 0 Å². The molecule has 1 aromatic carbocycles. The highest BCUT2D eigenvalue weighted by atomic mass is 79.9. The third kappa shape index (κ3) is 3.21. The number of amides is 1. The molecule has 2 rings (SSSR count). The SMILES string of the molecule is CN1CCN(C(=O)OC(C)(C)C)c2ccc(Br)cc21. The predicted octanol–water partition coefficient (Wildman–Crippen LogP) is 3.64. The van der Waals surface area contributed by atoms with Gasteiger partial charge in [-0.3, -0.25) is 4.90 Å². The van der Waals surface area contributed by atoms with Crippen molar-refractivity contribution in [2.45, 2.75) is 26.4 Å². The maximum atomic E-state index is 12.2. The number of carbonyl (C=O) groups is 1. The van der Waals surface area contributed by atoms with Crippen LogP contribution in [0.25, 0.3) is 0 Å². The van der Waals surface area contributed by atoms with Gasteiger partial charge in [0.05, 0.1) is 11.4 Å². The van der Waals surface area contributed by atoms with Crippen molar-refractivity contribution < 1.29 is 9.53 Å². The molecule has 0 unspecified atom stereocenters. The molecular formula is C14H19BrN2O2. The Bertz CT molecular complexity index is 497. The summed E-state index contributed by atoms with van der Waals surface area (Å²) in [5, 5.41) is 0. The summed E-state index contributed by atoms with van der Waals surface area (Å²) in [5.41, 5.74) is 1.45. The first-order valence-electron chi connectivity index (χ1n) is 6.29. The number of anilines is 2. The van der Waals surface area contributed by atoms with E-state index in [4.69, 9.17) is 4.74 Å². The van der Waals surface area contributed by atoms with Crippen LogP contribution in [0.2, 0.25) is 0 Å². The van der Waals surface area contributed by atoms with E-state index in [-0.39, 0.29) is 6.09 Å². The van der Waals surface area contributed by atoms with Crippen LogP contribution in [0.3, 0.4) is 0 Å². The molecule has 104 valence electrons. The third-order valence-electron chi connectivity index (χ3n) is 2.91. The molecule has 19 heavy (non-hydrogen) atoms. The van der Waals surface area contributed by atoms with Crippen molar-refractivity contribution in [1.29, 1.82) is 0 Å². The second-order valence-corrected chi connectivity index (χ2v) is 6.60. The summed E-state index contributed by atoms with van der Waals surface area (Å²) < 4.78 is 6.46. The zero-order valence-electron chi connectivity index (χ0n) is 11.7. The molecule has 0 bridgehead atoms. The summed E-state index contributed by atoms with van der Waals surface area (Å²) in [6.45, 7) is 7.07. The first kappa shape index (κ1) is 14.2. The Balaban J connectivity index is 2.31. The second kappa shape index (κ2) is 5.04. The van der Waals surface area contributed by atoms with Crippen LogP contribution in [-0.4, -0.2) is 31.8 Å². The number of benzene rings is 1. The number of likely N-dealkylation sites (N-methyl/N-ethyl adjacent to an activating group) is 1. The number of fused-ring (bicyclic) bond motifs is 1. The van der Waals surface area contributed by atoms with E-state index < -0.39 is 5.60 Å². The topological polar surface area (TPSA) is 32.8 Å². The highest BCUT2D eigenvalue weighted by Crippen LogP contribution is 2.35. The molecule has 1 heterocycles. The van der Waals surface area contributed by atoms with E-state index in [9.17, 15) is 4.79 Å². The summed E-state index contributed by atoms with van der Waals surface area (Å²) >= 11 is 3.46. The number of rotatable bonds is 0. The molecule has 0 fully saturated rings. The maximum Gasteiger partial charge on any atom is 0.414 e. The van der Waals surface area contributed by atoms with Crippen molar-refractivity contribution in [3.05, 3.63) is 22.7 Å². The molecule has 0 N–H and O–H groups in total. The van der Waals surface area contributed by atoms with E-state index in [1.165, 1.54) is 0 Å². The maximum absolute atomic E-state index is 12.2.